The van der Waals surface area contributed by atoms with Gasteiger partial charge in [0.05, 0.1) is 11.7 Å². The number of benzene rings is 1. The quantitative estimate of drug-likeness (QED) is 0.632. The molecule has 0 N–H and O–H groups in total. The van der Waals surface area contributed by atoms with Crippen LogP contribution in [0.3, 0.4) is 0 Å². The zero-order valence-corrected chi connectivity index (χ0v) is 19.3. The summed E-state index contributed by atoms with van der Waals surface area (Å²) in [5.74, 6) is 0.371. The number of pyridine rings is 1. The highest BCUT2D eigenvalue weighted by Gasteiger charge is 2.35. The lowest BCUT2D eigenvalue weighted by Crippen LogP contribution is -2.37. The topological polar surface area (TPSA) is 71.3 Å². The maximum Gasteiger partial charge on any atom is 0.263 e. The van der Waals surface area contributed by atoms with Crippen LogP contribution >= 0.6 is 0 Å². The Hall–Kier alpha value is -3.48. The molecule has 4 rings (SSSR count). The van der Waals surface area contributed by atoms with Crippen molar-refractivity contribution in [2.45, 2.75) is 32.7 Å². The van der Waals surface area contributed by atoms with Crippen LogP contribution in [0.5, 0.6) is 0 Å². The van der Waals surface area contributed by atoms with Gasteiger partial charge in [0.25, 0.3) is 11.5 Å². The number of likely N-dealkylation sites (tertiary alicyclic amines) is 1. The van der Waals surface area contributed by atoms with Crippen molar-refractivity contribution in [1.82, 2.24) is 19.4 Å². The van der Waals surface area contributed by atoms with Gasteiger partial charge in [-0.3, -0.25) is 9.59 Å². The van der Waals surface area contributed by atoms with Gasteiger partial charge in [-0.25, -0.2) is 9.97 Å². The molecule has 3 aromatic rings. The first-order valence-electron chi connectivity index (χ1n) is 10.9. The molecule has 1 aliphatic heterocycles. The molecule has 1 fully saturated rings. The highest BCUT2D eigenvalue weighted by atomic mass is 16.2. The summed E-state index contributed by atoms with van der Waals surface area (Å²) in [6.45, 7) is 4.30. The smallest absolute Gasteiger partial charge is 0.263 e. The Kier molecular flexibility index (Phi) is 5.82. The van der Waals surface area contributed by atoms with Gasteiger partial charge in [-0.05, 0) is 43.9 Å². The molecule has 7 heteroatoms. The number of carbonyl (C=O) groups excluding carboxylic acids is 1. The Morgan fingerprint density at radius 3 is 2.56 bits per heavy atom. The first-order chi connectivity index (χ1) is 15.3. The van der Waals surface area contributed by atoms with E-state index in [0.717, 1.165) is 35.4 Å². The van der Waals surface area contributed by atoms with Gasteiger partial charge in [-0.15, -0.1) is 0 Å². The SMILES string of the molecule is Cc1cc(C)n(C)c(=O)c1C(=O)N1CCCC1c1nc(N(C)C)ncc1-c1ccccc1. The Balaban J connectivity index is 1.82. The molecule has 0 spiro atoms. The van der Waals surface area contributed by atoms with E-state index in [4.69, 9.17) is 4.98 Å². The second-order valence-electron chi connectivity index (χ2n) is 8.59. The molecule has 3 heterocycles. The van der Waals surface area contributed by atoms with Crippen LogP contribution in [0.2, 0.25) is 0 Å². The van der Waals surface area contributed by atoms with Crippen molar-refractivity contribution in [3.05, 3.63) is 75.5 Å². The van der Waals surface area contributed by atoms with E-state index in [0.29, 0.717) is 18.1 Å². The van der Waals surface area contributed by atoms with E-state index >= 15 is 0 Å². The summed E-state index contributed by atoms with van der Waals surface area (Å²) in [6.07, 6.45) is 3.49. The van der Waals surface area contributed by atoms with E-state index in [1.165, 1.54) is 4.57 Å². The van der Waals surface area contributed by atoms with E-state index in [1.807, 2.05) is 80.3 Å². The Bertz CT molecular complexity index is 1220. The highest BCUT2D eigenvalue weighted by molar-refractivity contribution is 5.96. The molecule has 32 heavy (non-hydrogen) atoms. The van der Waals surface area contributed by atoms with E-state index < -0.39 is 0 Å². The zero-order chi connectivity index (χ0) is 23.0. The lowest BCUT2D eigenvalue weighted by Gasteiger charge is -2.27. The van der Waals surface area contributed by atoms with Crippen LogP contribution in [0.1, 0.15) is 46.2 Å². The molecule has 1 saturated heterocycles. The minimum absolute atomic E-state index is 0.218. The molecule has 0 saturated carbocycles. The minimum Gasteiger partial charge on any atom is -0.347 e. The average molecular weight is 432 g/mol. The fraction of sp³-hybridized carbons (Fsp3) is 0.360. The molecule has 1 atom stereocenters. The third-order valence-electron chi connectivity index (χ3n) is 6.20. The third kappa shape index (κ3) is 3.79. The van der Waals surface area contributed by atoms with Crippen LogP contribution in [-0.2, 0) is 7.05 Å². The summed E-state index contributed by atoms with van der Waals surface area (Å²) in [6, 6.07) is 11.7. The molecule has 166 valence electrons. The standard InChI is InChI=1S/C25H29N5O2/c1-16-14-17(2)29(5)23(31)21(16)24(32)30-13-9-12-20(30)22-19(18-10-7-6-8-11-18)15-26-25(27-22)28(3)4/h6-8,10-11,14-15,20H,9,12-13H2,1-5H3. The second kappa shape index (κ2) is 8.57. The van der Waals surface area contributed by atoms with Gasteiger partial charge in [-0.1, -0.05) is 30.3 Å². The van der Waals surface area contributed by atoms with Crippen LogP contribution in [0, 0.1) is 13.8 Å². The van der Waals surface area contributed by atoms with E-state index in [9.17, 15) is 9.59 Å². The van der Waals surface area contributed by atoms with Gasteiger partial charge >= 0.3 is 0 Å². The zero-order valence-electron chi connectivity index (χ0n) is 19.3. The fourth-order valence-corrected chi connectivity index (χ4v) is 4.37. The molecular formula is C25H29N5O2. The predicted octanol–water partition coefficient (Wildman–Crippen LogP) is 3.50. The maximum atomic E-state index is 13.7. The number of rotatable bonds is 4. The lowest BCUT2D eigenvalue weighted by molar-refractivity contribution is 0.0730. The highest BCUT2D eigenvalue weighted by Crippen LogP contribution is 2.37. The third-order valence-corrected chi connectivity index (χ3v) is 6.20. The molecule has 7 nitrogen and oxygen atoms in total. The number of hydrogen-bond acceptors (Lipinski definition) is 5. The largest absolute Gasteiger partial charge is 0.347 e. The molecule has 0 radical (unpaired) electrons. The summed E-state index contributed by atoms with van der Waals surface area (Å²) in [5.41, 5.74) is 4.28. The second-order valence-corrected chi connectivity index (χ2v) is 8.59. The van der Waals surface area contributed by atoms with Crippen molar-refractivity contribution in [3.63, 3.8) is 0 Å². The van der Waals surface area contributed by atoms with Crippen molar-refractivity contribution in [2.24, 2.45) is 7.05 Å². The number of hydrogen-bond donors (Lipinski definition) is 0. The first-order valence-corrected chi connectivity index (χ1v) is 10.9. The van der Waals surface area contributed by atoms with Crippen LogP contribution in [-0.4, -0.2) is 46.0 Å². The van der Waals surface area contributed by atoms with Crippen molar-refractivity contribution >= 4 is 11.9 Å². The first kappa shape index (κ1) is 21.7. The lowest BCUT2D eigenvalue weighted by atomic mass is 9.99. The van der Waals surface area contributed by atoms with Gasteiger partial charge in [0.2, 0.25) is 5.95 Å². The number of aryl methyl sites for hydroxylation is 2. The molecule has 2 aromatic heterocycles. The Morgan fingerprint density at radius 1 is 1.16 bits per heavy atom. The number of nitrogens with zero attached hydrogens (tertiary/aromatic N) is 5. The van der Waals surface area contributed by atoms with Crippen LogP contribution in [0.4, 0.5) is 5.95 Å². The normalized spacial score (nSPS) is 15.8. The molecule has 1 aliphatic rings. The van der Waals surface area contributed by atoms with Gasteiger partial charge in [-0.2, -0.15) is 0 Å². The van der Waals surface area contributed by atoms with Crippen molar-refractivity contribution in [3.8, 4) is 11.1 Å². The van der Waals surface area contributed by atoms with Gasteiger partial charge in [0, 0.05) is 45.1 Å². The molecule has 0 aliphatic carbocycles. The van der Waals surface area contributed by atoms with Crippen molar-refractivity contribution in [2.75, 3.05) is 25.5 Å². The maximum absolute atomic E-state index is 13.7. The van der Waals surface area contributed by atoms with Gasteiger partial charge in [0.15, 0.2) is 0 Å². The number of carbonyl (C=O) groups is 1. The van der Waals surface area contributed by atoms with Crippen LogP contribution in [0.15, 0.2) is 47.4 Å². The molecule has 1 unspecified atom stereocenters. The monoisotopic (exact) mass is 431 g/mol. The fourth-order valence-electron chi connectivity index (χ4n) is 4.37. The molecular weight excluding hydrogens is 402 g/mol. The van der Waals surface area contributed by atoms with Gasteiger partial charge in [0.1, 0.15) is 5.56 Å². The van der Waals surface area contributed by atoms with Gasteiger partial charge < -0.3 is 14.4 Å². The van der Waals surface area contributed by atoms with Crippen molar-refractivity contribution in [1.29, 1.82) is 0 Å². The summed E-state index contributed by atoms with van der Waals surface area (Å²) in [4.78, 5) is 39.7. The Labute approximate surface area is 188 Å². The number of amides is 1. The average Bonchev–Trinajstić information content (AvgIpc) is 3.27. The Morgan fingerprint density at radius 2 is 1.88 bits per heavy atom. The van der Waals surface area contributed by atoms with Crippen molar-refractivity contribution < 1.29 is 4.79 Å². The van der Waals surface area contributed by atoms with E-state index in [2.05, 4.69) is 4.98 Å². The van der Waals surface area contributed by atoms with E-state index in [1.54, 1.807) is 7.05 Å². The summed E-state index contributed by atoms with van der Waals surface area (Å²) < 4.78 is 1.54. The predicted molar refractivity (Wildman–Crippen MR) is 126 cm³/mol. The van der Waals surface area contributed by atoms with E-state index in [-0.39, 0.29) is 23.1 Å². The summed E-state index contributed by atoms with van der Waals surface area (Å²) in [5, 5.41) is 0. The summed E-state index contributed by atoms with van der Waals surface area (Å²) >= 11 is 0. The van der Waals surface area contributed by atoms with Crippen LogP contribution in [0.25, 0.3) is 11.1 Å². The number of anilines is 1. The molecule has 1 amide bonds. The minimum atomic E-state index is -0.252. The molecule has 0 bridgehead atoms. The molecule has 1 aromatic carbocycles. The summed E-state index contributed by atoms with van der Waals surface area (Å²) in [7, 11) is 5.51. The number of aromatic nitrogens is 3. The van der Waals surface area contributed by atoms with Crippen LogP contribution < -0.4 is 10.5 Å².